The van der Waals surface area contributed by atoms with Crippen LogP contribution in [-0.4, -0.2) is 49.5 Å². The first-order valence-corrected chi connectivity index (χ1v) is 11.1. The minimum atomic E-state index is -0.0905. The fourth-order valence-electron chi connectivity index (χ4n) is 3.67. The van der Waals surface area contributed by atoms with Crippen molar-refractivity contribution >= 4 is 28.8 Å². The Morgan fingerprint density at radius 3 is 2.72 bits per heavy atom. The number of carbonyl (C=O) groups excluding carboxylic acids is 2. The Morgan fingerprint density at radius 1 is 1.21 bits per heavy atom. The molecule has 0 saturated heterocycles. The number of nitrogens with zero attached hydrogens (tertiary/aromatic N) is 2. The van der Waals surface area contributed by atoms with Crippen molar-refractivity contribution in [1.29, 1.82) is 0 Å². The molecule has 0 fully saturated rings. The fraction of sp³-hybridized carbons (Fsp3) is 0.455. The maximum atomic E-state index is 12.7. The second-order valence-corrected chi connectivity index (χ2v) is 7.74. The van der Waals surface area contributed by atoms with Crippen molar-refractivity contribution in [2.45, 2.75) is 32.7 Å². The molecule has 1 aromatic heterocycles. The molecular weight excluding hydrogens is 386 g/mol. The summed E-state index contributed by atoms with van der Waals surface area (Å²) in [6.07, 6.45) is 0.377. The van der Waals surface area contributed by atoms with Gasteiger partial charge in [-0.05, 0) is 47.6 Å². The smallest absolute Gasteiger partial charge is 0.227 e. The molecule has 2 aromatic rings. The van der Waals surface area contributed by atoms with Crippen LogP contribution in [0.1, 0.15) is 38.3 Å². The largest absolute Gasteiger partial charge is 0.490 e. The van der Waals surface area contributed by atoms with E-state index in [1.165, 1.54) is 5.56 Å². The van der Waals surface area contributed by atoms with Crippen molar-refractivity contribution in [3.63, 3.8) is 0 Å². The molecule has 1 N–H and O–H groups in total. The van der Waals surface area contributed by atoms with Crippen LogP contribution in [0.4, 0.5) is 5.69 Å². The first-order valence-electron chi connectivity index (χ1n) is 10.2. The second kappa shape index (κ2) is 10.4. The Balaban J connectivity index is 1.52. The second-order valence-electron chi connectivity index (χ2n) is 6.96. The van der Waals surface area contributed by atoms with E-state index in [0.29, 0.717) is 19.7 Å². The highest BCUT2D eigenvalue weighted by atomic mass is 32.1. The lowest BCUT2D eigenvalue weighted by Gasteiger charge is -2.30. The van der Waals surface area contributed by atoms with Crippen molar-refractivity contribution in [1.82, 2.24) is 10.2 Å². The molecule has 1 aliphatic heterocycles. The van der Waals surface area contributed by atoms with E-state index >= 15 is 0 Å². The summed E-state index contributed by atoms with van der Waals surface area (Å²) in [5, 5.41) is 7.22. The number of carbonyl (C=O) groups is 2. The Hall–Kier alpha value is -2.38. The molecule has 7 heteroatoms. The summed E-state index contributed by atoms with van der Waals surface area (Å²) >= 11 is 1.67. The lowest BCUT2D eigenvalue weighted by Crippen LogP contribution is -2.40. The molecule has 6 nitrogen and oxygen atoms in total. The van der Waals surface area contributed by atoms with Crippen LogP contribution in [0, 0.1) is 0 Å². The van der Waals surface area contributed by atoms with Gasteiger partial charge in [-0.25, -0.2) is 0 Å². The number of para-hydroxylation sites is 2. The van der Waals surface area contributed by atoms with E-state index < -0.39 is 0 Å². The summed E-state index contributed by atoms with van der Waals surface area (Å²) in [6.45, 7) is 7.63. The molecule has 1 aromatic carbocycles. The van der Waals surface area contributed by atoms with Crippen LogP contribution < -0.4 is 15.0 Å². The van der Waals surface area contributed by atoms with Crippen LogP contribution in [0.5, 0.6) is 5.75 Å². The van der Waals surface area contributed by atoms with E-state index in [4.69, 9.17) is 4.74 Å². The van der Waals surface area contributed by atoms with Gasteiger partial charge in [0.1, 0.15) is 12.4 Å². The fourth-order valence-corrected chi connectivity index (χ4v) is 4.38. The Morgan fingerprint density at radius 2 is 2.00 bits per heavy atom. The van der Waals surface area contributed by atoms with Gasteiger partial charge < -0.3 is 15.0 Å². The molecule has 2 heterocycles. The van der Waals surface area contributed by atoms with Gasteiger partial charge in [0.05, 0.1) is 18.3 Å². The van der Waals surface area contributed by atoms with Crippen molar-refractivity contribution < 1.29 is 14.3 Å². The van der Waals surface area contributed by atoms with Gasteiger partial charge in [0, 0.05) is 19.4 Å². The van der Waals surface area contributed by atoms with E-state index in [-0.39, 0.29) is 30.7 Å². The molecule has 2 amide bonds. The number of nitrogens with one attached hydrogen (secondary N) is 1. The van der Waals surface area contributed by atoms with E-state index in [2.05, 4.69) is 40.9 Å². The number of hydrogen-bond acceptors (Lipinski definition) is 5. The predicted molar refractivity (Wildman–Crippen MR) is 117 cm³/mol. The average Bonchev–Trinajstić information content (AvgIpc) is 3.29. The monoisotopic (exact) mass is 415 g/mol. The molecule has 3 rings (SSSR count). The van der Waals surface area contributed by atoms with E-state index in [1.54, 1.807) is 16.2 Å². The van der Waals surface area contributed by atoms with Crippen LogP contribution in [0.3, 0.4) is 0 Å². The molecule has 0 spiro atoms. The molecular formula is C22H29N3O3S. The van der Waals surface area contributed by atoms with Crippen LogP contribution >= 0.6 is 11.3 Å². The number of hydrogen-bond donors (Lipinski definition) is 1. The van der Waals surface area contributed by atoms with Crippen molar-refractivity contribution in [2.24, 2.45) is 0 Å². The third-order valence-electron chi connectivity index (χ3n) is 5.27. The number of anilines is 1. The van der Waals surface area contributed by atoms with Crippen LogP contribution in [-0.2, 0) is 9.59 Å². The van der Waals surface area contributed by atoms with Gasteiger partial charge in [0.25, 0.3) is 0 Å². The minimum absolute atomic E-state index is 0.0472. The van der Waals surface area contributed by atoms with E-state index in [9.17, 15) is 9.59 Å². The molecule has 29 heavy (non-hydrogen) atoms. The Bertz CT molecular complexity index is 805. The number of thiophene rings is 1. The number of ether oxygens (including phenoxy) is 1. The lowest BCUT2D eigenvalue weighted by molar-refractivity contribution is -0.125. The molecule has 0 radical (unpaired) electrons. The lowest BCUT2D eigenvalue weighted by atomic mass is 10.1. The third kappa shape index (κ3) is 5.36. The molecule has 1 unspecified atom stereocenters. The van der Waals surface area contributed by atoms with Crippen molar-refractivity contribution in [3.05, 3.63) is 46.7 Å². The normalized spacial score (nSPS) is 14.2. The Labute approximate surface area is 176 Å². The topological polar surface area (TPSA) is 61.9 Å². The van der Waals surface area contributed by atoms with Gasteiger partial charge in [-0.15, -0.1) is 0 Å². The average molecular weight is 416 g/mol. The minimum Gasteiger partial charge on any atom is -0.490 e. The number of amides is 2. The van der Waals surface area contributed by atoms with Crippen molar-refractivity contribution in [2.75, 3.05) is 37.7 Å². The molecule has 156 valence electrons. The number of benzene rings is 1. The molecule has 0 bridgehead atoms. The quantitative estimate of drug-likeness (QED) is 0.681. The van der Waals surface area contributed by atoms with Gasteiger partial charge in [0.2, 0.25) is 11.8 Å². The molecule has 1 atom stereocenters. The van der Waals surface area contributed by atoms with Gasteiger partial charge in [-0.2, -0.15) is 11.3 Å². The summed E-state index contributed by atoms with van der Waals surface area (Å²) < 4.78 is 5.60. The molecule has 1 aliphatic rings. The van der Waals surface area contributed by atoms with E-state index in [0.717, 1.165) is 24.5 Å². The maximum absolute atomic E-state index is 12.7. The summed E-state index contributed by atoms with van der Waals surface area (Å²) in [5.74, 6) is 0.579. The summed E-state index contributed by atoms with van der Waals surface area (Å²) in [5.41, 5.74) is 2.00. The highest BCUT2D eigenvalue weighted by Gasteiger charge is 2.24. The first-order chi connectivity index (χ1) is 14.1. The standard InChI is InChI=1S/C22H29N3O3S/c1-3-24(4-2)19(17-11-14-29-16-17)15-23-21(26)9-10-22(27)25-12-13-28-20-8-6-5-7-18(20)25/h5-8,11,14,16,19H,3-4,9-10,12-13,15H2,1-2H3,(H,23,26). The number of likely N-dealkylation sites (N-methyl/N-ethyl adjacent to an activating group) is 1. The summed E-state index contributed by atoms with van der Waals surface area (Å²) in [6, 6.07) is 9.78. The first kappa shape index (κ1) is 21.3. The van der Waals surface area contributed by atoms with E-state index in [1.807, 2.05) is 24.3 Å². The van der Waals surface area contributed by atoms with Crippen LogP contribution in [0.15, 0.2) is 41.1 Å². The maximum Gasteiger partial charge on any atom is 0.227 e. The molecule has 0 aliphatic carbocycles. The summed E-state index contributed by atoms with van der Waals surface area (Å²) in [4.78, 5) is 29.2. The third-order valence-corrected chi connectivity index (χ3v) is 5.97. The zero-order valence-electron chi connectivity index (χ0n) is 17.1. The Kier molecular flexibility index (Phi) is 7.66. The molecule has 0 saturated carbocycles. The van der Waals surface area contributed by atoms with Gasteiger partial charge >= 0.3 is 0 Å². The zero-order valence-corrected chi connectivity index (χ0v) is 17.9. The summed E-state index contributed by atoms with van der Waals surface area (Å²) in [7, 11) is 0. The number of fused-ring (bicyclic) bond motifs is 1. The van der Waals surface area contributed by atoms with Crippen LogP contribution in [0.25, 0.3) is 0 Å². The zero-order chi connectivity index (χ0) is 20.6. The highest BCUT2D eigenvalue weighted by molar-refractivity contribution is 7.07. The van der Waals surface area contributed by atoms with Gasteiger partial charge in [-0.3, -0.25) is 14.5 Å². The van der Waals surface area contributed by atoms with Gasteiger partial charge in [-0.1, -0.05) is 26.0 Å². The van der Waals surface area contributed by atoms with Crippen molar-refractivity contribution in [3.8, 4) is 5.75 Å². The SMILES string of the molecule is CCN(CC)C(CNC(=O)CCC(=O)N1CCOc2ccccc21)c1ccsc1. The number of rotatable bonds is 9. The highest BCUT2D eigenvalue weighted by Crippen LogP contribution is 2.31. The predicted octanol–water partition coefficient (Wildman–Crippen LogP) is 3.45. The van der Waals surface area contributed by atoms with Gasteiger partial charge in [0.15, 0.2) is 0 Å². The van der Waals surface area contributed by atoms with Crippen LogP contribution in [0.2, 0.25) is 0 Å².